The van der Waals surface area contributed by atoms with Gasteiger partial charge < -0.3 is 24.6 Å². The summed E-state index contributed by atoms with van der Waals surface area (Å²) in [6.45, 7) is 3.72. The number of amides is 2. The lowest BCUT2D eigenvalue weighted by atomic mass is 10.1. The summed E-state index contributed by atoms with van der Waals surface area (Å²) in [4.78, 5) is 28.2. The van der Waals surface area contributed by atoms with Crippen molar-refractivity contribution in [1.82, 2.24) is 4.90 Å². The van der Waals surface area contributed by atoms with Crippen LogP contribution in [0.2, 0.25) is 0 Å². The maximum absolute atomic E-state index is 12.3. The Morgan fingerprint density at radius 2 is 2.04 bits per heavy atom. The molecule has 1 N–H and O–H groups in total. The first-order chi connectivity index (χ1) is 12.2. The lowest BCUT2D eigenvalue weighted by Crippen LogP contribution is -2.44. The van der Waals surface area contributed by atoms with E-state index >= 15 is 0 Å². The summed E-state index contributed by atoms with van der Waals surface area (Å²) in [5, 5.41) is 2.77. The molecule has 1 aromatic carbocycles. The predicted octanol–water partition coefficient (Wildman–Crippen LogP) is 1.48. The summed E-state index contributed by atoms with van der Waals surface area (Å²) in [5.74, 6) is 0.387. The summed E-state index contributed by atoms with van der Waals surface area (Å²) < 4.78 is 10.3. The average Bonchev–Trinajstić information content (AvgIpc) is 2.62. The standard InChI is InChI=1S/C18H25N3O4/c1-24-12-17(22)19-14-5-6-16-15(11-14)21(18(23)13-25-16)10-9-20-7-3-2-4-8-20/h5-6,11H,2-4,7-10,12-13H2,1H3,(H,19,22). The molecular weight excluding hydrogens is 322 g/mol. The molecule has 2 heterocycles. The van der Waals surface area contributed by atoms with E-state index in [9.17, 15) is 9.59 Å². The van der Waals surface area contributed by atoms with Crippen LogP contribution < -0.4 is 15.0 Å². The van der Waals surface area contributed by atoms with Gasteiger partial charge in [-0.25, -0.2) is 0 Å². The number of likely N-dealkylation sites (tertiary alicyclic amines) is 1. The average molecular weight is 347 g/mol. The van der Waals surface area contributed by atoms with Crippen LogP contribution in [-0.2, 0) is 14.3 Å². The van der Waals surface area contributed by atoms with Crippen molar-refractivity contribution in [2.24, 2.45) is 0 Å². The van der Waals surface area contributed by atoms with Crippen LogP contribution in [0.15, 0.2) is 18.2 Å². The quantitative estimate of drug-likeness (QED) is 0.844. The van der Waals surface area contributed by atoms with Crippen LogP contribution in [0.4, 0.5) is 11.4 Å². The second-order valence-corrected chi connectivity index (χ2v) is 6.40. The van der Waals surface area contributed by atoms with Gasteiger partial charge in [-0.1, -0.05) is 6.42 Å². The van der Waals surface area contributed by atoms with Gasteiger partial charge in [0, 0.05) is 25.9 Å². The van der Waals surface area contributed by atoms with Crippen LogP contribution in [-0.4, -0.2) is 63.2 Å². The van der Waals surface area contributed by atoms with Gasteiger partial charge >= 0.3 is 0 Å². The van der Waals surface area contributed by atoms with Crippen molar-refractivity contribution < 1.29 is 19.1 Å². The molecule has 7 nitrogen and oxygen atoms in total. The zero-order valence-corrected chi connectivity index (χ0v) is 14.6. The smallest absolute Gasteiger partial charge is 0.265 e. The van der Waals surface area contributed by atoms with E-state index < -0.39 is 0 Å². The van der Waals surface area contributed by atoms with E-state index in [0.29, 0.717) is 23.7 Å². The van der Waals surface area contributed by atoms with Gasteiger partial charge in [-0.05, 0) is 44.1 Å². The van der Waals surface area contributed by atoms with Crippen LogP contribution in [0.25, 0.3) is 0 Å². The molecule has 2 amide bonds. The first-order valence-electron chi connectivity index (χ1n) is 8.76. The van der Waals surface area contributed by atoms with E-state index in [-0.39, 0.29) is 25.0 Å². The number of rotatable bonds is 6. The van der Waals surface area contributed by atoms with Crippen LogP contribution in [0.5, 0.6) is 5.75 Å². The van der Waals surface area contributed by atoms with Crippen LogP contribution in [0.3, 0.4) is 0 Å². The highest BCUT2D eigenvalue weighted by molar-refractivity contribution is 5.99. The molecule has 0 radical (unpaired) electrons. The number of fused-ring (bicyclic) bond motifs is 1. The fourth-order valence-corrected chi connectivity index (χ4v) is 3.28. The monoisotopic (exact) mass is 347 g/mol. The van der Waals surface area contributed by atoms with Crippen LogP contribution in [0.1, 0.15) is 19.3 Å². The predicted molar refractivity (Wildman–Crippen MR) is 95.1 cm³/mol. The number of benzene rings is 1. The van der Waals surface area contributed by atoms with Crippen molar-refractivity contribution in [3.8, 4) is 5.75 Å². The maximum Gasteiger partial charge on any atom is 0.265 e. The SMILES string of the molecule is COCC(=O)Nc1ccc2c(c1)N(CCN1CCCCC1)C(=O)CO2. The zero-order chi connectivity index (χ0) is 17.6. The number of anilines is 2. The number of nitrogens with zero attached hydrogens (tertiary/aromatic N) is 2. The number of hydrogen-bond acceptors (Lipinski definition) is 5. The Kier molecular flexibility index (Phi) is 5.88. The molecule has 1 saturated heterocycles. The van der Waals surface area contributed by atoms with E-state index in [1.165, 1.54) is 26.4 Å². The van der Waals surface area contributed by atoms with E-state index in [4.69, 9.17) is 9.47 Å². The van der Waals surface area contributed by atoms with Crippen molar-refractivity contribution in [1.29, 1.82) is 0 Å². The molecule has 0 bridgehead atoms. The molecule has 2 aliphatic heterocycles. The third-order valence-electron chi connectivity index (χ3n) is 4.55. The topological polar surface area (TPSA) is 71.1 Å². The number of methoxy groups -OCH3 is 1. The molecule has 2 aliphatic rings. The summed E-state index contributed by atoms with van der Waals surface area (Å²) in [5.41, 5.74) is 1.34. The minimum atomic E-state index is -0.231. The number of carbonyl (C=O) groups excluding carboxylic acids is 2. The van der Waals surface area contributed by atoms with Gasteiger partial charge in [0.2, 0.25) is 5.91 Å². The highest BCUT2D eigenvalue weighted by Gasteiger charge is 2.26. The van der Waals surface area contributed by atoms with Crippen molar-refractivity contribution in [2.45, 2.75) is 19.3 Å². The maximum atomic E-state index is 12.3. The van der Waals surface area contributed by atoms with Gasteiger partial charge in [0.1, 0.15) is 12.4 Å². The van der Waals surface area contributed by atoms with E-state index in [1.807, 2.05) is 0 Å². The molecule has 136 valence electrons. The van der Waals surface area contributed by atoms with Gasteiger partial charge in [0.05, 0.1) is 5.69 Å². The highest BCUT2D eigenvalue weighted by atomic mass is 16.5. The summed E-state index contributed by atoms with van der Waals surface area (Å²) in [6.07, 6.45) is 3.74. The molecule has 0 aromatic heterocycles. The van der Waals surface area contributed by atoms with E-state index in [2.05, 4.69) is 10.2 Å². The van der Waals surface area contributed by atoms with Crippen molar-refractivity contribution in [3.63, 3.8) is 0 Å². The zero-order valence-electron chi connectivity index (χ0n) is 14.6. The molecule has 7 heteroatoms. The number of hydrogen-bond donors (Lipinski definition) is 1. The van der Waals surface area contributed by atoms with Crippen molar-refractivity contribution >= 4 is 23.2 Å². The van der Waals surface area contributed by atoms with Crippen LogP contribution >= 0.6 is 0 Å². The van der Waals surface area contributed by atoms with Crippen LogP contribution in [0, 0.1) is 0 Å². The van der Waals surface area contributed by atoms with Gasteiger partial charge in [0.25, 0.3) is 5.91 Å². The lowest BCUT2D eigenvalue weighted by Gasteiger charge is -2.33. The molecular formula is C18H25N3O4. The minimum absolute atomic E-state index is 0.00874. The molecule has 1 fully saturated rings. The van der Waals surface area contributed by atoms with Gasteiger partial charge in [-0.15, -0.1) is 0 Å². The molecule has 3 rings (SSSR count). The Morgan fingerprint density at radius 1 is 1.24 bits per heavy atom. The number of nitrogens with one attached hydrogen (secondary N) is 1. The summed E-state index contributed by atoms with van der Waals surface area (Å²) in [6, 6.07) is 5.35. The Balaban J connectivity index is 1.71. The summed E-state index contributed by atoms with van der Waals surface area (Å²) in [7, 11) is 1.47. The van der Waals surface area contributed by atoms with Gasteiger partial charge in [-0.2, -0.15) is 0 Å². The Hall–Kier alpha value is -2.12. The third-order valence-corrected chi connectivity index (χ3v) is 4.55. The number of carbonyl (C=O) groups is 2. The molecule has 1 aromatic rings. The first-order valence-corrected chi connectivity index (χ1v) is 8.76. The van der Waals surface area contributed by atoms with Crippen molar-refractivity contribution in [3.05, 3.63) is 18.2 Å². The second kappa shape index (κ2) is 8.31. The minimum Gasteiger partial charge on any atom is -0.482 e. The Labute approximate surface area is 147 Å². The largest absolute Gasteiger partial charge is 0.482 e. The fourth-order valence-electron chi connectivity index (χ4n) is 3.28. The summed E-state index contributed by atoms with van der Waals surface area (Å²) >= 11 is 0. The molecule has 0 atom stereocenters. The fraction of sp³-hybridized carbons (Fsp3) is 0.556. The van der Waals surface area contributed by atoms with Crippen molar-refractivity contribution in [2.75, 3.05) is 56.7 Å². The number of ether oxygens (including phenoxy) is 2. The molecule has 25 heavy (non-hydrogen) atoms. The lowest BCUT2D eigenvalue weighted by molar-refractivity contribution is -0.121. The number of piperidine rings is 1. The molecule has 0 saturated carbocycles. The molecule has 0 spiro atoms. The Morgan fingerprint density at radius 3 is 2.80 bits per heavy atom. The van der Waals surface area contributed by atoms with Gasteiger partial charge in [0.15, 0.2) is 6.61 Å². The van der Waals surface area contributed by atoms with E-state index in [0.717, 1.165) is 19.6 Å². The normalized spacial score (nSPS) is 17.8. The molecule has 0 unspecified atom stereocenters. The Bertz CT molecular complexity index is 629. The highest BCUT2D eigenvalue weighted by Crippen LogP contribution is 2.34. The third kappa shape index (κ3) is 4.49. The second-order valence-electron chi connectivity index (χ2n) is 6.40. The van der Waals surface area contributed by atoms with Gasteiger partial charge in [-0.3, -0.25) is 9.59 Å². The van der Waals surface area contributed by atoms with E-state index in [1.54, 1.807) is 23.1 Å². The first kappa shape index (κ1) is 17.7. The molecule has 0 aliphatic carbocycles.